The monoisotopic (exact) mass is 1090 g/mol. The molecule has 0 aliphatic heterocycles. The van der Waals surface area contributed by atoms with Crippen LogP contribution in [0.1, 0.15) is 213 Å². The van der Waals surface area contributed by atoms with Crippen LogP contribution in [0.2, 0.25) is 0 Å². The lowest BCUT2D eigenvalue weighted by molar-refractivity contribution is 0.234. The van der Waals surface area contributed by atoms with Gasteiger partial charge in [-0.05, 0) is 98.2 Å². The Bertz CT molecular complexity index is 2580. The summed E-state index contributed by atoms with van der Waals surface area (Å²) in [5.74, 6) is 2.31. The van der Waals surface area contributed by atoms with Crippen LogP contribution in [0, 0.1) is 0 Å². The Morgan fingerprint density at radius 2 is 0.407 bits per heavy atom. The Balaban J connectivity index is 1.37. The van der Waals surface area contributed by atoms with Crippen LogP contribution in [-0.2, 0) is 0 Å². The van der Waals surface area contributed by atoms with Crippen LogP contribution in [0.4, 0.5) is 0 Å². The molecule has 0 atom stereocenters. The molecule has 0 radical (unpaired) electrons. The van der Waals surface area contributed by atoms with Gasteiger partial charge in [-0.3, -0.25) is 0 Å². The third-order valence-corrected chi connectivity index (χ3v) is 16.4. The zero-order valence-corrected chi connectivity index (χ0v) is 50.6. The molecule has 0 amide bonds. The Hall–Kier alpha value is -6.06. The van der Waals surface area contributed by atoms with Crippen molar-refractivity contribution < 1.29 is 14.2 Å². The summed E-state index contributed by atoms with van der Waals surface area (Å²) in [6.45, 7) is 8.79. The highest BCUT2D eigenvalue weighted by Gasteiger charge is 2.30. The summed E-state index contributed by atoms with van der Waals surface area (Å²) in [5, 5.41) is 0. The van der Waals surface area contributed by atoms with Gasteiger partial charge in [-0.2, -0.15) is 0 Å². The van der Waals surface area contributed by atoms with E-state index in [-0.39, 0.29) is 0 Å². The molecule has 0 unspecified atom stereocenters. The molecule has 7 rings (SSSR count). The van der Waals surface area contributed by atoms with Gasteiger partial charge in [0.1, 0.15) is 0 Å². The van der Waals surface area contributed by atoms with Gasteiger partial charge in [0.25, 0.3) is 0 Å². The molecule has 432 valence electrons. The summed E-state index contributed by atoms with van der Waals surface area (Å²) in [6, 6.07) is 60.1. The number of hydrogen-bond donors (Lipinski definition) is 0. The van der Waals surface area contributed by atoms with Crippen molar-refractivity contribution in [2.45, 2.75) is 213 Å². The zero-order valence-electron chi connectivity index (χ0n) is 50.6. The minimum absolute atomic E-state index is 0.626. The third kappa shape index (κ3) is 20.4. The van der Waals surface area contributed by atoms with Crippen LogP contribution in [0.25, 0.3) is 66.8 Å². The molecule has 0 heterocycles. The van der Waals surface area contributed by atoms with Gasteiger partial charge in [0.15, 0.2) is 11.5 Å². The second-order valence-corrected chi connectivity index (χ2v) is 23.0. The Labute approximate surface area is 492 Å². The van der Waals surface area contributed by atoms with Gasteiger partial charge in [-0.15, -0.1) is 0 Å². The fourth-order valence-electron chi connectivity index (χ4n) is 11.9. The fraction of sp³-hybridized carbons (Fsp3) is 0.462. The average molecular weight is 1090 g/mol. The van der Waals surface area contributed by atoms with Gasteiger partial charge in [0.2, 0.25) is 5.75 Å². The number of rotatable bonds is 42. The highest BCUT2D eigenvalue weighted by Crippen LogP contribution is 2.57. The molecule has 0 fully saturated rings. The quantitative estimate of drug-likeness (QED) is 0.0357. The van der Waals surface area contributed by atoms with E-state index in [1.807, 2.05) is 0 Å². The maximum Gasteiger partial charge on any atom is 0.203 e. The first-order valence-corrected chi connectivity index (χ1v) is 32.8. The lowest BCUT2D eigenvalue weighted by Gasteiger charge is -2.29. The summed E-state index contributed by atoms with van der Waals surface area (Å²) >= 11 is 0. The first kappa shape index (κ1) is 62.5. The van der Waals surface area contributed by atoms with Gasteiger partial charge in [-0.1, -0.05) is 346 Å². The SMILES string of the molecule is CCCCCCCCCCCCOc1cc(-c2c(-c3ccccc3)c(-c3ccccc3)c(-c3ccccc3)c(-c3ccccc3)c2-c2ccccc2)cc(OCCCCCCCCCCCC)c1OCCCCCCCCCCCC. The number of hydrogen-bond acceptors (Lipinski definition) is 3. The van der Waals surface area contributed by atoms with Crippen LogP contribution in [0.15, 0.2) is 164 Å². The predicted molar refractivity (Wildman–Crippen MR) is 351 cm³/mol. The molecular weight excluding hydrogens is 985 g/mol. The second kappa shape index (κ2) is 37.9. The van der Waals surface area contributed by atoms with Crippen molar-refractivity contribution in [2.24, 2.45) is 0 Å². The van der Waals surface area contributed by atoms with E-state index in [0.717, 1.165) is 78.0 Å². The van der Waals surface area contributed by atoms with E-state index in [1.165, 1.54) is 199 Å². The minimum Gasteiger partial charge on any atom is -0.490 e. The zero-order chi connectivity index (χ0) is 56.2. The lowest BCUT2D eigenvalue weighted by atomic mass is 9.74. The average Bonchev–Trinajstić information content (AvgIpc) is 3.69. The van der Waals surface area contributed by atoms with Gasteiger partial charge in [0, 0.05) is 0 Å². The summed E-state index contributed by atoms with van der Waals surface area (Å²) < 4.78 is 21.4. The fourth-order valence-corrected chi connectivity index (χ4v) is 11.9. The molecule has 0 N–H and O–H groups in total. The van der Waals surface area contributed by atoms with Crippen LogP contribution in [-0.4, -0.2) is 19.8 Å². The molecule has 0 saturated heterocycles. The molecule has 0 aliphatic carbocycles. The molecule has 0 saturated carbocycles. The Morgan fingerprint density at radius 3 is 0.642 bits per heavy atom. The van der Waals surface area contributed by atoms with Crippen molar-refractivity contribution in [1.29, 1.82) is 0 Å². The summed E-state index contributed by atoms with van der Waals surface area (Å²) in [4.78, 5) is 0. The van der Waals surface area contributed by atoms with Crippen molar-refractivity contribution in [3.63, 3.8) is 0 Å². The normalized spacial score (nSPS) is 11.3. The van der Waals surface area contributed by atoms with E-state index in [2.05, 4.69) is 185 Å². The van der Waals surface area contributed by atoms with Crippen LogP contribution >= 0.6 is 0 Å². The van der Waals surface area contributed by atoms with E-state index < -0.39 is 0 Å². The molecule has 7 aromatic rings. The van der Waals surface area contributed by atoms with Crippen LogP contribution in [0.5, 0.6) is 17.2 Å². The largest absolute Gasteiger partial charge is 0.490 e. The van der Waals surface area contributed by atoms with E-state index in [4.69, 9.17) is 14.2 Å². The second-order valence-electron chi connectivity index (χ2n) is 23.0. The van der Waals surface area contributed by atoms with Crippen LogP contribution < -0.4 is 14.2 Å². The maximum absolute atomic E-state index is 7.18. The molecule has 3 nitrogen and oxygen atoms in total. The molecule has 0 aliphatic rings. The minimum atomic E-state index is 0.626. The third-order valence-electron chi connectivity index (χ3n) is 16.4. The predicted octanol–water partition coefficient (Wildman–Crippen LogP) is 24.6. The van der Waals surface area contributed by atoms with Crippen molar-refractivity contribution in [3.05, 3.63) is 164 Å². The van der Waals surface area contributed by atoms with Crippen molar-refractivity contribution >= 4 is 0 Å². The molecule has 81 heavy (non-hydrogen) atoms. The summed E-state index contributed by atoms with van der Waals surface area (Å²) in [7, 11) is 0. The van der Waals surface area contributed by atoms with E-state index in [1.54, 1.807) is 0 Å². The standard InChI is InChI=1S/C78H102O3/c1-4-7-10-13-16-19-22-25-28-46-59-79-70-62-69(63-71(80-60-47-29-26-23-20-17-14-11-8-5-2)78(70)81-61-48-30-27-24-21-18-15-12-9-6-3)77-75(67-55-42-34-43-56-67)73(65-51-38-32-39-52-65)72(64-49-36-31-37-50-64)74(66-53-40-33-41-54-66)76(77)68-57-44-35-45-58-68/h31-45,49-58,62-63H,4-30,46-48,59-61H2,1-3H3. The molecule has 0 spiro atoms. The maximum atomic E-state index is 7.18. The number of benzene rings is 7. The molecule has 0 bridgehead atoms. The Kier molecular flexibility index (Phi) is 29.2. The van der Waals surface area contributed by atoms with Gasteiger partial charge < -0.3 is 14.2 Å². The summed E-state index contributed by atoms with van der Waals surface area (Å²) in [6.07, 6.45) is 38.4. The molecule has 7 aromatic carbocycles. The number of ether oxygens (including phenoxy) is 3. The van der Waals surface area contributed by atoms with E-state index in [0.29, 0.717) is 19.8 Å². The van der Waals surface area contributed by atoms with Crippen LogP contribution in [0.3, 0.4) is 0 Å². The Morgan fingerprint density at radius 1 is 0.210 bits per heavy atom. The highest BCUT2D eigenvalue weighted by atomic mass is 16.5. The van der Waals surface area contributed by atoms with E-state index >= 15 is 0 Å². The topological polar surface area (TPSA) is 27.7 Å². The molecule has 0 aromatic heterocycles. The molecule has 3 heteroatoms. The van der Waals surface area contributed by atoms with E-state index in [9.17, 15) is 0 Å². The first-order valence-electron chi connectivity index (χ1n) is 32.8. The van der Waals surface area contributed by atoms with Gasteiger partial charge >= 0.3 is 0 Å². The van der Waals surface area contributed by atoms with Gasteiger partial charge in [0.05, 0.1) is 19.8 Å². The number of unbranched alkanes of at least 4 members (excludes halogenated alkanes) is 27. The van der Waals surface area contributed by atoms with Crippen molar-refractivity contribution in [3.8, 4) is 84.0 Å². The summed E-state index contributed by atoms with van der Waals surface area (Å²) in [5.41, 5.74) is 14.0. The first-order chi connectivity index (χ1) is 40.2. The molecular formula is C78H102O3. The van der Waals surface area contributed by atoms with Gasteiger partial charge in [-0.25, -0.2) is 0 Å². The van der Waals surface area contributed by atoms with Crippen molar-refractivity contribution in [1.82, 2.24) is 0 Å². The highest BCUT2D eigenvalue weighted by molar-refractivity contribution is 6.15. The lowest BCUT2D eigenvalue weighted by Crippen LogP contribution is -2.07. The smallest absolute Gasteiger partial charge is 0.203 e. The van der Waals surface area contributed by atoms with Crippen molar-refractivity contribution in [2.75, 3.05) is 19.8 Å².